The topological polar surface area (TPSA) is 47.0 Å². The van der Waals surface area contributed by atoms with Gasteiger partial charge in [0.1, 0.15) is 16.2 Å². The first-order chi connectivity index (χ1) is 8.60. The first kappa shape index (κ1) is 13.7. The zero-order valence-electron chi connectivity index (χ0n) is 11.1. The molecule has 0 aliphatic heterocycles. The van der Waals surface area contributed by atoms with Gasteiger partial charge in [-0.2, -0.15) is 0 Å². The van der Waals surface area contributed by atoms with Crippen LogP contribution in [0.3, 0.4) is 0 Å². The molecule has 1 aliphatic rings. The fourth-order valence-corrected chi connectivity index (χ4v) is 2.20. The van der Waals surface area contributed by atoms with E-state index in [-0.39, 0.29) is 6.04 Å². The lowest BCUT2D eigenvalue weighted by Crippen LogP contribution is -2.31. The predicted octanol–water partition coefficient (Wildman–Crippen LogP) is 3.20. The number of methoxy groups -OCH3 is 1. The molecule has 2 rings (SSSR count). The normalized spacial score (nSPS) is 16.9. The summed E-state index contributed by atoms with van der Waals surface area (Å²) in [4.78, 5) is 9.02. The predicted molar refractivity (Wildman–Crippen MR) is 75.8 cm³/mol. The number of nitrogens with zero attached hydrogens (tertiary/aromatic N) is 2. The van der Waals surface area contributed by atoms with Gasteiger partial charge in [0.05, 0.1) is 12.6 Å². The van der Waals surface area contributed by atoms with E-state index in [4.69, 9.17) is 4.74 Å². The van der Waals surface area contributed by atoms with Crippen LogP contribution in [0.15, 0.2) is 10.7 Å². The highest BCUT2D eigenvalue weighted by molar-refractivity contribution is 9.10. The average molecular weight is 314 g/mol. The Bertz CT molecular complexity index is 407. The van der Waals surface area contributed by atoms with Crippen LogP contribution in [-0.4, -0.2) is 29.7 Å². The molecule has 1 atom stereocenters. The molecule has 0 aromatic carbocycles. The van der Waals surface area contributed by atoms with Gasteiger partial charge in [-0.3, -0.25) is 0 Å². The van der Waals surface area contributed by atoms with Gasteiger partial charge in [-0.1, -0.05) is 13.8 Å². The van der Waals surface area contributed by atoms with E-state index in [2.05, 4.69) is 45.1 Å². The third-order valence-corrected chi connectivity index (χ3v) is 3.55. The van der Waals surface area contributed by atoms with Gasteiger partial charge in [0.15, 0.2) is 0 Å². The number of halogens is 1. The molecule has 18 heavy (non-hydrogen) atoms. The maximum atomic E-state index is 5.24. The Kier molecular flexibility index (Phi) is 4.56. The quantitative estimate of drug-likeness (QED) is 0.819. The number of aromatic nitrogens is 2. The van der Waals surface area contributed by atoms with E-state index in [1.807, 2.05) is 6.07 Å². The van der Waals surface area contributed by atoms with Crippen LogP contribution in [0.2, 0.25) is 0 Å². The molecule has 1 saturated carbocycles. The zero-order chi connectivity index (χ0) is 13.1. The molecule has 1 heterocycles. The van der Waals surface area contributed by atoms with Crippen LogP contribution in [-0.2, 0) is 4.74 Å². The van der Waals surface area contributed by atoms with Crippen molar-refractivity contribution in [1.82, 2.24) is 9.97 Å². The van der Waals surface area contributed by atoms with Gasteiger partial charge in [0.2, 0.25) is 0 Å². The van der Waals surface area contributed by atoms with Crippen LogP contribution in [0.25, 0.3) is 0 Å². The highest BCUT2D eigenvalue weighted by Crippen LogP contribution is 2.38. The lowest BCUT2D eigenvalue weighted by Gasteiger charge is -2.22. The molecule has 0 saturated heterocycles. The third kappa shape index (κ3) is 3.65. The smallest absolute Gasteiger partial charge is 0.135 e. The Hall–Kier alpha value is -0.680. The van der Waals surface area contributed by atoms with Gasteiger partial charge < -0.3 is 10.1 Å². The fraction of sp³-hybridized carbons (Fsp3) is 0.692. The van der Waals surface area contributed by atoms with Gasteiger partial charge >= 0.3 is 0 Å². The van der Waals surface area contributed by atoms with Crippen molar-refractivity contribution in [3.8, 4) is 0 Å². The van der Waals surface area contributed by atoms with E-state index in [1.165, 1.54) is 12.8 Å². The molecule has 5 heteroatoms. The van der Waals surface area contributed by atoms with Gasteiger partial charge in [0, 0.05) is 19.1 Å². The number of nitrogens with one attached hydrogen (secondary N) is 1. The van der Waals surface area contributed by atoms with E-state index in [0.717, 1.165) is 16.2 Å². The Morgan fingerprint density at radius 2 is 2.17 bits per heavy atom. The summed E-state index contributed by atoms with van der Waals surface area (Å²) in [6.45, 7) is 5.03. The second kappa shape index (κ2) is 5.97. The monoisotopic (exact) mass is 313 g/mol. The zero-order valence-corrected chi connectivity index (χ0v) is 12.7. The Labute approximate surface area is 117 Å². The summed E-state index contributed by atoms with van der Waals surface area (Å²) in [6.07, 6.45) is 2.42. The number of ether oxygens (including phenoxy) is 1. The molecule has 0 amide bonds. The Morgan fingerprint density at radius 3 is 2.72 bits per heavy atom. The van der Waals surface area contributed by atoms with Crippen molar-refractivity contribution < 1.29 is 4.74 Å². The minimum Gasteiger partial charge on any atom is -0.383 e. The van der Waals surface area contributed by atoms with E-state index >= 15 is 0 Å². The molecule has 100 valence electrons. The summed E-state index contributed by atoms with van der Waals surface area (Å²) in [5.41, 5.74) is 0. The van der Waals surface area contributed by atoms with E-state index in [1.54, 1.807) is 7.11 Å². The van der Waals surface area contributed by atoms with Crippen molar-refractivity contribution in [2.45, 2.75) is 38.6 Å². The van der Waals surface area contributed by atoms with Crippen LogP contribution in [0, 0.1) is 5.92 Å². The number of hydrogen-bond acceptors (Lipinski definition) is 4. The SMILES string of the molecule is COCC(Nc1cc(Br)nc(C2CC2)n1)C(C)C. The van der Waals surface area contributed by atoms with Crippen molar-refractivity contribution in [2.75, 3.05) is 19.0 Å². The lowest BCUT2D eigenvalue weighted by molar-refractivity contribution is 0.171. The molecule has 0 radical (unpaired) electrons. The summed E-state index contributed by atoms with van der Waals surface area (Å²) in [7, 11) is 1.72. The number of anilines is 1. The Balaban J connectivity index is 2.11. The standard InChI is InChI=1S/C13H20BrN3O/c1-8(2)10(7-18-3)15-12-6-11(14)16-13(17-12)9-4-5-9/h6,8-10H,4-5,7H2,1-3H3,(H,15,16,17). The highest BCUT2D eigenvalue weighted by atomic mass is 79.9. The minimum atomic E-state index is 0.267. The van der Waals surface area contributed by atoms with Gasteiger partial charge in [-0.05, 0) is 34.7 Å². The molecule has 0 spiro atoms. The summed E-state index contributed by atoms with van der Waals surface area (Å²) in [5, 5.41) is 3.44. The molecule has 1 fully saturated rings. The first-order valence-corrected chi connectivity index (χ1v) is 7.19. The van der Waals surface area contributed by atoms with Crippen molar-refractivity contribution in [3.05, 3.63) is 16.5 Å². The van der Waals surface area contributed by atoms with Crippen LogP contribution >= 0.6 is 15.9 Å². The molecule has 1 aliphatic carbocycles. The largest absolute Gasteiger partial charge is 0.383 e. The van der Waals surface area contributed by atoms with E-state index in [0.29, 0.717) is 18.4 Å². The molecular weight excluding hydrogens is 294 g/mol. The van der Waals surface area contributed by atoms with Crippen LogP contribution < -0.4 is 5.32 Å². The lowest BCUT2D eigenvalue weighted by atomic mass is 10.1. The molecule has 1 N–H and O–H groups in total. The summed E-state index contributed by atoms with van der Waals surface area (Å²) in [5.74, 6) is 2.88. The van der Waals surface area contributed by atoms with Crippen molar-refractivity contribution in [3.63, 3.8) is 0 Å². The summed E-state index contributed by atoms with van der Waals surface area (Å²) < 4.78 is 6.09. The molecule has 1 aromatic heterocycles. The second-order valence-corrected chi connectivity index (χ2v) is 5.97. The maximum absolute atomic E-state index is 5.24. The number of rotatable bonds is 6. The maximum Gasteiger partial charge on any atom is 0.135 e. The van der Waals surface area contributed by atoms with Crippen LogP contribution in [0.5, 0.6) is 0 Å². The van der Waals surface area contributed by atoms with Crippen molar-refractivity contribution in [1.29, 1.82) is 0 Å². The molecule has 4 nitrogen and oxygen atoms in total. The van der Waals surface area contributed by atoms with E-state index < -0.39 is 0 Å². The van der Waals surface area contributed by atoms with Gasteiger partial charge in [-0.25, -0.2) is 9.97 Å². The van der Waals surface area contributed by atoms with Crippen LogP contribution in [0.4, 0.5) is 5.82 Å². The third-order valence-electron chi connectivity index (χ3n) is 3.14. The molecular formula is C13H20BrN3O. The highest BCUT2D eigenvalue weighted by Gasteiger charge is 2.27. The second-order valence-electron chi connectivity index (χ2n) is 5.16. The molecule has 0 bridgehead atoms. The molecule has 1 unspecified atom stereocenters. The Morgan fingerprint density at radius 1 is 1.44 bits per heavy atom. The molecule has 1 aromatic rings. The summed E-state index contributed by atoms with van der Waals surface area (Å²) in [6, 6.07) is 2.19. The number of hydrogen-bond donors (Lipinski definition) is 1. The average Bonchev–Trinajstić information content (AvgIpc) is 3.11. The van der Waals surface area contributed by atoms with Gasteiger partial charge in [0.25, 0.3) is 0 Å². The first-order valence-electron chi connectivity index (χ1n) is 6.40. The van der Waals surface area contributed by atoms with Crippen LogP contribution in [0.1, 0.15) is 38.4 Å². The minimum absolute atomic E-state index is 0.267. The van der Waals surface area contributed by atoms with E-state index in [9.17, 15) is 0 Å². The fourth-order valence-electron chi connectivity index (χ4n) is 1.80. The summed E-state index contributed by atoms with van der Waals surface area (Å²) >= 11 is 3.45. The van der Waals surface area contributed by atoms with Gasteiger partial charge in [-0.15, -0.1) is 0 Å². The van der Waals surface area contributed by atoms with Crippen molar-refractivity contribution >= 4 is 21.7 Å². The van der Waals surface area contributed by atoms with Crippen molar-refractivity contribution in [2.24, 2.45) is 5.92 Å².